The molecule has 0 aliphatic carbocycles. The Bertz CT molecular complexity index is 439. The van der Waals surface area contributed by atoms with Gasteiger partial charge >= 0.3 is 5.97 Å². The molecule has 2 rings (SSSR count). The zero-order chi connectivity index (χ0) is 12.4. The molecular weight excluding hydrogens is 220 g/mol. The van der Waals surface area contributed by atoms with E-state index in [0.717, 1.165) is 29.0 Å². The summed E-state index contributed by atoms with van der Waals surface area (Å²) in [6, 6.07) is 3.86. The van der Waals surface area contributed by atoms with Crippen LogP contribution >= 0.6 is 0 Å². The maximum Gasteiger partial charge on any atom is 0.303 e. The minimum absolute atomic E-state index is 0.102. The van der Waals surface area contributed by atoms with E-state index >= 15 is 0 Å². The molecule has 0 aromatic heterocycles. The van der Waals surface area contributed by atoms with E-state index in [1.54, 1.807) is 7.11 Å². The second-order valence-electron chi connectivity index (χ2n) is 4.30. The fourth-order valence-corrected chi connectivity index (χ4v) is 2.11. The summed E-state index contributed by atoms with van der Waals surface area (Å²) in [5, 5.41) is 8.70. The third kappa shape index (κ3) is 2.52. The van der Waals surface area contributed by atoms with Gasteiger partial charge in [0, 0.05) is 18.4 Å². The minimum atomic E-state index is -0.804. The number of hydrogen-bond donors (Lipinski definition) is 1. The lowest BCUT2D eigenvalue weighted by Crippen LogP contribution is -2.05. The van der Waals surface area contributed by atoms with Gasteiger partial charge in [0.25, 0.3) is 0 Å². The second kappa shape index (κ2) is 4.65. The summed E-state index contributed by atoms with van der Waals surface area (Å²) in [5.74, 6) is 0.809. The monoisotopic (exact) mass is 236 g/mol. The van der Waals surface area contributed by atoms with Crippen LogP contribution in [0.5, 0.6) is 11.5 Å². The van der Waals surface area contributed by atoms with Crippen LogP contribution in [0.3, 0.4) is 0 Å². The average molecular weight is 236 g/mol. The molecule has 1 N–H and O–H groups in total. The maximum absolute atomic E-state index is 10.6. The van der Waals surface area contributed by atoms with Gasteiger partial charge in [-0.3, -0.25) is 4.79 Å². The SMILES string of the molecule is COc1cc2c(cc1CCC(=O)O)OC(C)C2. The zero-order valence-corrected chi connectivity index (χ0v) is 10.0. The van der Waals surface area contributed by atoms with Crippen LogP contribution in [0.15, 0.2) is 12.1 Å². The Hall–Kier alpha value is -1.71. The third-order valence-corrected chi connectivity index (χ3v) is 2.91. The Kier molecular flexibility index (Phi) is 3.22. The predicted molar refractivity (Wildman–Crippen MR) is 62.7 cm³/mol. The summed E-state index contributed by atoms with van der Waals surface area (Å²) < 4.78 is 10.9. The summed E-state index contributed by atoms with van der Waals surface area (Å²) in [6.45, 7) is 2.02. The standard InChI is InChI=1S/C13H16O4/c1-8-5-10-7-11(16-2)9(3-4-13(14)15)6-12(10)17-8/h6-8H,3-5H2,1-2H3,(H,14,15). The van der Waals surface area contributed by atoms with Crippen LogP contribution in [0.1, 0.15) is 24.5 Å². The molecule has 0 fully saturated rings. The van der Waals surface area contributed by atoms with E-state index in [-0.39, 0.29) is 12.5 Å². The molecule has 0 radical (unpaired) electrons. The Morgan fingerprint density at radius 3 is 3.00 bits per heavy atom. The van der Waals surface area contributed by atoms with Crippen molar-refractivity contribution in [2.45, 2.75) is 32.3 Å². The first kappa shape index (κ1) is 11.8. The van der Waals surface area contributed by atoms with Crippen molar-refractivity contribution in [3.63, 3.8) is 0 Å². The molecule has 0 saturated carbocycles. The predicted octanol–water partition coefficient (Wildman–Crippen LogP) is 2.04. The van der Waals surface area contributed by atoms with Crippen LogP contribution in [0.2, 0.25) is 0 Å². The van der Waals surface area contributed by atoms with Crippen molar-refractivity contribution < 1.29 is 19.4 Å². The third-order valence-electron chi connectivity index (χ3n) is 2.91. The number of aliphatic carboxylic acids is 1. The number of fused-ring (bicyclic) bond motifs is 1. The first-order valence-electron chi connectivity index (χ1n) is 5.68. The van der Waals surface area contributed by atoms with Gasteiger partial charge < -0.3 is 14.6 Å². The van der Waals surface area contributed by atoms with Crippen molar-refractivity contribution in [2.75, 3.05) is 7.11 Å². The molecule has 0 bridgehead atoms. The molecule has 1 heterocycles. The Labute approximate surface area is 100 Å². The molecule has 0 saturated heterocycles. The van der Waals surface area contributed by atoms with Crippen LogP contribution in [-0.4, -0.2) is 24.3 Å². The van der Waals surface area contributed by atoms with E-state index in [2.05, 4.69) is 0 Å². The van der Waals surface area contributed by atoms with E-state index in [0.29, 0.717) is 6.42 Å². The molecule has 4 nitrogen and oxygen atoms in total. The lowest BCUT2D eigenvalue weighted by Gasteiger charge is -2.10. The van der Waals surface area contributed by atoms with Gasteiger partial charge in [0.05, 0.1) is 7.11 Å². The summed E-state index contributed by atoms with van der Waals surface area (Å²) in [6.07, 6.45) is 1.63. The molecule has 0 spiro atoms. The van der Waals surface area contributed by atoms with Gasteiger partial charge in [-0.1, -0.05) is 0 Å². The normalized spacial score (nSPS) is 17.4. The van der Waals surface area contributed by atoms with Gasteiger partial charge in [-0.2, -0.15) is 0 Å². The van der Waals surface area contributed by atoms with Gasteiger partial charge in [-0.25, -0.2) is 0 Å². The quantitative estimate of drug-likeness (QED) is 0.869. The first-order chi connectivity index (χ1) is 8.10. The number of hydrogen-bond acceptors (Lipinski definition) is 3. The largest absolute Gasteiger partial charge is 0.496 e. The van der Waals surface area contributed by atoms with E-state index in [9.17, 15) is 4.79 Å². The number of methoxy groups -OCH3 is 1. The molecule has 1 unspecified atom stereocenters. The molecule has 1 aromatic rings. The zero-order valence-electron chi connectivity index (χ0n) is 10.0. The van der Waals surface area contributed by atoms with E-state index in [4.69, 9.17) is 14.6 Å². The van der Waals surface area contributed by atoms with Crippen LogP contribution in [-0.2, 0) is 17.6 Å². The van der Waals surface area contributed by atoms with E-state index in [1.165, 1.54) is 0 Å². The molecule has 1 aliphatic rings. The number of carboxylic acids is 1. The van der Waals surface area contributed by atoms with Crippen molar-refractivity contribution >= 4 is 5.97 Å². The number of rotatable bonds is 4. The lowest BCUT2D eigenvalue weighted by molar-refractivity contribution is -0.136. The lowest BCUT2D eigenvalue weighted by atomic mass is 10.0. The van der Waals surface area contributed by atoms with Crippen molar-refractivity contribution in [1.82, 2.24) is 0 Å². The topological polar surface area (TPSA) is 55.8 Å². The highest BCUT2D eigenvalue weighted by Gasteiger charge is 2.21. The van der Waals surface area contributed by atoms with Gasteiger partial charge in [0.2, 0.25) is 0 Å². The average Bonchev–Trinajstić information content (AvgIpc) is 2.63. The Morgan fingerprint density at radius 1 is 1.59 bits per heavy atom. The van der Waals surface area contributed by atoms with Crippen LogP contribution in [0.25, 0.3) is 0 Å². The molecule has 1 atom stereocenters. The Balaban J connectivity index is 2.26. The van der Waals surface area contributed by atoms with Gasteiger partial charge in [0.15, 0.2) is 0 Å². The van der Waals surface area contributed by atoms with Crippen molar-refractivity contribution in [3.05, 3.63) is 23.3 Å². The fourth-order valence-electron chi connectivity index (χ4n) is 2.11. The molecule has 92 valence electrons. The summed E-state index contributed by atoms with van der Waals surface area (Å²) in [5.41, 5.74) is 2.02. The smallest absolute Gasteiger partial charge is 0.303 e. The van der Waals surface area contributed by atoms with Crippen LogP contribution < -0.4 is 9.47 Å². The number of aryl methyl sites for hydroxylation is 1. The molecule has 1 aliphatic heterocycles. The van der Waals surface area contributed by atoms with Crippen molar-refractivity contribution in [2.24, 2.45) is 0 Å². The summed E-state index contributed by atoms with van der Waals surface area (Å²) in [4.78, 5) is 10.6. The van der Waals surface area contributed by atoms with Gasteiger partial charge in [0.1, 0.15) is 17.6 Å². The number of carbonyl (C=O) groups is 1. The first-order valence-corrected chi connectivity index (χ1v) is 5.68. The fraction of sp³-hybridized carbons (Fsp3) is 0.462. The van der Waals surface area contributed by atoms with Crippen molar-refractivity contribution in [1.29, 1.82) is 0 Å². The van der Waals surface area contributed by atoms with Gasteiger partial charge in [-0.15, -0.1) is 0 Å². The number of carboxylic acid groups (broad SMARTS) is 1. The van der Waals surface area contributed by atoms with Crippen LogP contribution in [0.4, 0.5) is 0 Å². The highest BCUT2D eigenvalue weighted by molar-refractivity contribution is 5.67. The van der Waals surface area contributed by atoms with Crippen LogP contribution in [0, 0.1) is 0 Å². The van der Waals surface area contributed by atoms with Gasteiger partial charge in [-0.05, 0) is 31.0 Å². The molecule has 17 heavy (non-hydrogen) atoms. The summed E-state index contributed by atoms with van der Waals surface area (Å²) in [7, 11) is 1.60. The van der Waals surface area contributed by atoms with E-state index in [1.807, 2.05) is 19.1 Å². The highest BCUT2D eigenvalue weighted by Crippen LogP contribution is 2.35. The Morgan fingerprint density at radius 2 is 2.35 bits per heavy atom. The van der Waals surface area contributed by atoms with Crippen molar-refractivity contribution in [3.8, 4) is 11.5 Å². The number of benzene rings is 1. The number of ether oxygens (including phenoxy) is 2. The second-order valence-corrected chi connectivity index (χ2v) is 4.30. The molecule has 1 aromatic carbocycles. The molecule has 4 heteroatoms. The maximum atomic E-state index is 10.6. The molecular formula is C13H16O4. The summed E-state index contributed by atoms with van der Waals surface area (Å²) >= 11 is 0. The highest BCUT2D eigenvalue weighted by atomic mass is 16.5. The van der Waals surface area contributed by atoms with E-state index < -0.39 is 5.97 Å². The molecule has 0 amide bonds. The minimum Gasteiger partial charge on any atom is -0.496 e.